The van der Waals surface area contributed by atoms with E-state index in [0.717, 1.165) is 4.47 Å². The Morgan fingerprint density at radius 3 is 2.95 bits per heavy atom. The summed E-state index contributed by atoms with van der Waals surface area (Å²) >= 11 is 3.34. The van der Waals surface area contributed by atoms with Crippen LogP contribution in [0, 0.1) is 0 Å². The number of carbonyl (C=O) groups is 1. The molecule has 1 heterocycles. The van der Waals surface area contributed by atoms with Crippen LogP contribution >= 0.6 is 15.9 Å². The van der Waals surface area contributed by atoms with Crippen LogP contribution < -0.4 is 10.1 Å². The molecule has 1 N–H and O–H groups in total. The fraction of sp³-hybridized carbons (Fsp3) is 0.154. The minimum Gasteiger partial charge on any atom is -0.478 e. The van der Waals surface area contributed by atoms with Gasteiger partial charge in [-0.1, -0.05) is 22.0 Å². The summed E-state index contributed by atoms with van der Waals surface area (Å²) in [5.41, 5.74) is 0.953. The Labute approximate surface area is 119 Å². The third-order valence-corrected chi connectivity index (χ3v) is 2.74. The Morgan fingerprint density at radius 1 is 1.37 bits per heavy atom. The van der Waals surface area contributed by atoms with Gasteiger partial charge in [0, 0.05) is 16.2 Å². The number of nitrogens with zero attached hydrogens (tertiary/aromatic N) is 2. The number of hydrogen-bond donors (Lipinski definition) is 1. The molecule has 6 heteroatoms. The molecule has 0 radical (unpaired) electrons. The molecule has 0 spiro atoms. The normalized spacial score (nSPS) is 10.0. The molecular weight excluding hydrogens is 310 g/mol. The van der Waals surface area contributed by atoms with Crippen LogP contribution in [0.25, 0.3) is 0 Å². The summed E-state index contributed by atoms with van der Waals surface area (Å²) in [5.74, 6) is 0.0818. The Balaban J connectivity index is 2.13. The maximum atomic E-state index is 12.0. The average molecular weight is 322 g/mol. The Bertz CT molecular complexity index is 590. The molecule has 0 unspecified atom stereocenters. The van der Waals surface area contributed by atoms with E-state index in [-0.39, 0.29) is 11.6 Å². The molecule has 0 aliphatic rings. The quantitative estimate of drug-likeness (QED) is 0.940. The van der Waals surface area contributed by atoms with Crippen molar-refractivity contribution in [1.29, 1.82) is 0 Å². The van der Waals surface area contributed by atoms with Crippen molar-refractivity contribution in [3.63, 3.8) is 0 Å². The van der Waals surface area contributed by atoms with Crippen LogP contribution in [-0.2, 0) is 0 Å². The lowest BCUT2D eigenvalue weighted by Crippen LogP contribution is -2.14. The highest BCUT2D eigenvalue weighted by Crippen LogP contribution is 2.16. The predicted molar refractivity (Wildman–Crippen MR) is 75.3 cm³/mol. The van der Waals surface area contributed by atoms with Crippen molar-refractivity contribution in [3.05, 3.63) is 46.8 Å². The summed E-state index contributed by atoms with van der Waals surface area (Å²) in [6, 6.07) is 8.84. The summed E-state index contributed by atoms with van der Waals surface area (Å²) in [4.78, 5) is 19.8. The molecule has 0 aliphatic carbocycles. The van der Waals surface area contributed by atoms with Crippen molar-refractivity contribution in [2.75, 3.05) is 11.9 Å². The van der Waals surface area contributed by atoms with Crippen molar-refractivity contribution >= 4 is 27.5 Å². The first-order valence-electron chi connectivity index (χ1n) is 5.71. The van der Waals surface area contributed by atoms with E-state index < -0.39 is 0 Å². The first kappa shape index (κ1) is 13.5. The lowest BCUT2D eigenvalue weighted by Gasteiger charge is -2.06. The Morgan fingerprint density at radius 2 is 2.21 bits per heavy atom. The molecule has 0 fully saturated rings. The van der Waals surface area contributed by atoms with Gasteiger partial charge in [0.05, 0.1) is 6.61 Å². The molecule has 98 valence electrons. The van der Waals surface area contributed by atoms with Crippen molar-refractivity contribution in [3.8, 4) is 5.88 Å². The number of anilines is 1. The molecule has 0 aliphatic heterocycles. The van der Waals surface area contributed by atoms with Crippen LogP contribution in [-0.4, -0.2) is 22.5 Å². The van der Waals surface area contributed by atoms with Crippen LogP contribution in [0.5, 0.6) is 5.88 Å². The zero-order valence-electron chi connectivity index (χ0n) is 10.3. The molecule has 2 aromatic rings. The number of rotatable bonds is 4. The lowest BCUT2D eigenvalue weighted by atomic mass is 10.3. The van der Waals surface area contributed by atoms with Gasteiger partial charge in [0.15, 0.2) is 0 Å². The van der Waals surface area contributed by atoms with Gasteiger partial charge >= 0.3 is 0 Å². The number of nitrogens with one attached hydrogen (secondary N) is 1. The number of carbonyl (C=O) groups excluding carboxylic acids is 1. The number of hydrogen-bond acceptors (Lipinski definition) is 4. The zero-order valence-corrected chi connectivity index (χ0v) is 11.8. The topological polar surface area (TPSA) is 64.1 Å². The second-order valence-corrected chi connectivity index (χ2v) is 4.55. The minimum atomic E-state index is -0.304. The molecule has 0 atom stereocenters. The van der Waals surface area contributed by atoms with Crippen molar-refractivity contribution in [2.45, 2.75) is 6.92 Å². The minimum absolute atomic E-state index is 0.262. The monoisotopic (exact) mass is 321 g/mol. The summed E-state index contributed by atoms with van der Waals surface area (Å²) in [5, 5.41) is 2.75. The van der Waals surface area contributed by atoms with Gasteiger partial charge in [0.2, 0.25) is 5.88 Å². The second-order valence-electron chi connectivity index (χ2n) is 3.64. The van der Waals surface area contributed by atoms with Crippen LogP contribution in [0.15, 0.2) is 41.1 Å². The first-order chi connectivity index (χ1) is 9.19. The summed E-state index contributed by atoms with van der Waals surface area (Å²) < 4.78 is 6.12. The highest BCUT2D eigenvalue weighted by atomic mass is 79.9. The molecule has 1 aromatic heterocycles. The molecule has 0 bridgehead atoms. The molecule has 0 saturated carbocycles. The fourth-order valence-corrected chi connectivity index (χ4v) is 1.85. The van der Waals surface area contributed by atoms with E-state index in [1.807, 2.05) is 25.1 Å². The van der Waals surface area contributed by atoms with Gasteiger partial charge < -0.3 is 10.1 Å². The summed E-state index contributed by atoms with van der Waals surface area (Å²) in [6.07, 6.45) is 1.31. The predicted octanol–water partition coefficient (Wildman–Crippen LogP) is 2.89. The number of aromatic nitrogens is 2. The van der Waals surface area contributed by atoms with E-state index in [2.05, 4.69) is 31.2 Å². The molecular formula is C13H12BrN3O2. The number of ether oxygens (including phenoxy) is 1. The van der Waals surface area contributed by atoms with Gasteiger partial charge in [-0.2, -0.15) is 0 Å². The van der Waals surface area contributed by atoms with Crippen LogP contribution in [0.1, 0.15) is 17.4 Å². The molecule has 2 rings (SSSR count). The highest BCUT2D eigenvalue weighted by Gasteiger charge is 2.09. The lowest BCUT2D eigenvalue weighted by molar-refractivity contribution is 0.102. The van der Waals surface area contributed by atoms with Gasteiger partial charge in [-0.25, -0.2) is 9.97 Å². The van der Waals surface area contributed by atoms with Gasteiger partial charge in [-0.3, -0.25) is 4.79 Å². The van der Waals surface area contributed by atoms with Gasteiger partial charge in [-0.05, 0) is 25.1 Å². The Hall–Kier alpha value is -1.95. The molecule has 0 saturated heterocycles. The van der Waals surface area contributed by atoms with E-state index in [4.69, 9.17) is 4.74 Å². The Kier molecular flexibility index (Phi) is 4.46. The van der Waals surface area contributed by atoms with Crippen LogP contribution in [0.3, 0.4) is 0 Å². The SMILES string of the molecule is CCOc1cc(C(=O)Nc2cccc(Br)c2)ncn1. The van der Waals surface area contributed by atoms with Crippen molar-refractivity contribution in [2.24, 2.45) is 0 Å². The number of amides is 1. The van der Waals surface area contributed by atoms with E-state index >= 15 is 0 Å². The molecule has 1 amide bonds. The molecule has 19 heavy (non-hydrogen) atoms. The summed E-state index contributed by atoms with van der Waals surface area (Å²) in [6.45, 7) is 2.34. The van der Waals surface area contributed by atoms with Gasteiger partial charge in [-0.15, -0.1) is 0 Å². The van der Waals surface area contributed by atoms with Crippen molar-refractivity contribution < 1.29 is 9.53 Å². The zero-order chi connectivity index (χ0) is 13.7. The third kappa shape index (κ3) is 3.75. The maximum Gasteiger partial charge on any atom is 0.274 e. The largest absolute Gasteiger partial charge is 0.478 e. The standard InChI is InChI=1S/C13H12BrN3O2/c1-2-19-12-7-11(15-8-16-12)13(18)17-10-5-3-4-9(14)6-10/h3-8H,2H2,1H3,(H,17,18). The summed E-state index contributed by atoms with van der Waals surface area (Å²) in [7, 11) is 0. The highest BCUT2D eigenvalue weighted by molar-refractivity contribution is 9.10. The maximum absolute atomic E-state index is 12.0. The second kappa shape index (κ2) is 6.29. The van der Waals surface area contributed by atoms with Crippen molar-refractivity contribution in [1.82, 2.24) is 9.97 Å². The van der Waals surface area contributed by atoms with Gasteiger partial charge in [0.25, 0.3) is 5.91 Å². The van der Waals surface area contributed by atoms with E-state index in [1.165, 1.54) is 12.4 Å². The average Bonchev–Trinajstić information content (AvgIpc) is 2.39. The van der Waals surface area contributed by atoms with Crippen LogP contribution in [0.2, 0.25) is 0 Å². The van der Waals surface area contributed by atoms with E-state index in [0.29, 0.717) is 18.2 Å². The third-order valence-electron chi connectivity index (χ3n) is 2.25. The fourth-order valence-electron chi connectivity index (χ4n) is 1.45. The van der Waals surface area contributed by atoms with Gasteiger partial charge in [0.1, 0.15) is 12.0 Å². The first-order valence-corrected chi connectivity index (χ1v) is 6.50. The number of benzene rings is 1. The van der Waals surface area contributed by atoms with Crippen LogP contribution in [0.4, 0.5) is 5.69 Å². The van der Waals surface area contributed by atoms with E-state index in [1.54, 1.807) is 6.07 Å². The molecule has 5 nitrogen and oxygen atoms in total. The number of halogens is 1. The van der Waals surface area contributed by atoms with E-state index in [9.17, 15) is 4.79 Å². The molecule has 1 aromatic carbocycles. The smallest absolute Gasteiger partial charge is 0.274 e.